The number of anilines is 1. The quantitative estimate of drug-likeness (QED) is 0.0438. The molecule has 12 heteroatoms. The van der Waals surface area contributed by atoms with Crippen LogP contribution in [0.2, 0.25) is 0 Å². The third-order valence-electron chi connectivity index (χ3n) is 7.72. The normalized spacial score (nSPS) is 17.3. The van der Waals surface area contributed by atoms with Gasteiger partial charge in [-0.2, -0.15) is 8.90 Å². The number of unbranched alkanes of at least 4 members (excludes halogenated alkanes) is 2. The first-order chi connectivity index (χ1) is 21.3. The van der Waals surface area contributed by atoms with Crippen LogP contribution in [0.15, 0.2) is 93.4 Å². The van der Waals surface area contributed by atoms with Crippen LogP contribution in [-0.4, -0.2) is 31.0 Å². The van der Waals surface area contributed by atoms with Gasteiger partial charge in [0.25, 0.3) is 5.01 Å². The monoisotopic (exact) mass is 671 g/mol. The molecule has 1 aromatic heterocycles. The van der Waals surface area contributed by atoms with Crippen molar-refractivity contribution in [2.75, 3.05) is 23.0 Å². The third-order valence-corrected chi connectivity index (χ3v) is 11.4. The van der Waals surface area contributed by atoms with E-state index >= 15 is 0 Å². The molecular weight excluding hydrogens is 637 g/mol. The van der Waals surface area contributed by atoms with E-state index in [1.807, 2.05) is 12.1 Å². The van der Waals surface area contributed by atoms with E-state index in [9.17, 15) is 18.2 Å². The maximum atomic E-state index is 11.0. The summed E-state index contributed by atoms with van der Waals surface area (Å²) >= 11 is 4.54. The summed E-state index contributed by atoms with van der Waals surface area (Å²) in [6.45, 7) is 3.73. The molecule has 0 saturated carbocycles. The number of para-hydroxylation sites is 2. The number of aromatic nitrogens is 1. The van der Waals surface area contributed by atoms with Crippen LogP contribution in [-0.2, 0) is 26.0 Å². The Morgan fingerprint density at radius 3 is 2.68 bits per heavy atom. The van der Waals surface area contributed by atoms with Gasteiger partial charge in [0.2, 0.25) is 5.52 Å². The Labute approximate surface area is 271 Å². The first-order valence-electron chi connectivity index (χ1n) is 14.6. The predicted octanol–water partition coefficient (Wildman–Crippen LogP) is 6.67. The van der Waals surface area contributed by atoms with Crippen molar-refractivity contribution in [3.63, 3.8) is 0 Å². The number of thiazole rings is 1. The highest BCUT2D eigenvalue weighted by Gasteiger charge is 2.24. The number of allylic oxidation sites excluding steroid dienone is 6. The molecule has 0 bridgehead atoms. The van der Waals surface area contributed by atoms with Crippen LogP contribution in [0, 0.1) is 0 Å². The van der Waals surface area contributed by atoms with E-state index < -0.39 is 10.1 Å². The van der Waals surface area contributed by atoms with Crippen LogP contribution in [0.5, 0.6) is 0 Å². The molecule has 2 aromatic carbocycles. The third kappa shape index (κ3) is 8.64. The molecule has 2 heterocycles. The zero-order valence-electron chi connectivity index (χ0n) is 24.5. The van der Waals surface area contributed by atoms with Crippen LogP contribution in [0.1, 0.15) is 50.5 Å². The zero-order valence-corrected chi connectivity index (χ0v) is 27.7. The van der Waals surface area contributed by atoms with Gasteiger partial charge in [0, 0.05) is 53.6 Å². The van der Waals surface area contributed by atoms with Crippen molar-refractivity contribution in [2.24, 2.45) is 0 Å². The number of hydrogen-bond donors (Lipinski definition) is 0. The van der Waals surface area contributed by atoms with Gasteiger partial charge in [-0.1, -0.05) is 59.5 Å². The first-order valence-corrected chi connectivity index (χ1v) is 18.7. The number of fused-ring (bicyclic) bond motifs is 2. The lowest BCUT2D eigenvalue weighted by molar-refractivity contribution is -0.777. The first kappa shape index (κ1) is 33.0. The Morgan fingerprint density at radius 2 is 1.84 bits per heavy atom. The molecular formula is C32H35N2O6S4-. The molecule has 0 fully saturated rings. The lowest BCUT2D eigenvalue weighted by atomic mass is 10.1. The Bertz CT molecular complexity index is 1690. The van der Waals surface area contributed by atoms with E-state index in [1.54, 1.807) is 23.1 Å². The second kappa shape index (κ2) is 15.7. The largest absolute Gasteiger partial charge is 0.748 e. The highest BCUT2D eigenvalue weighted by atomic mass is 32.2. The number of benzene rings is 2. The minimum absolute atomic E-state index is 0.325. The van der Waals surface area contributed by atoms with Crippen molar-refractivity contribution in [3.8, 4) is 0 Å². The second-order valence-corrected chi connectivity index (χ2v) is 15.0. The van der Waals surface area contributed by atoms with Gasteiger partial charge in [-0.3, -0.25) is 5.04 Å². The molecule has 1 aliphatic heterocycles. The van der Waals surface area contributed by atoms with Gasteiger partial charge in [0.15, 0.2) is 6.54 Å². The summed E-state index contributed by atoms with van der Waals surface area (Å²) in [6.07, 6.45) is 13.7. The number of thioether (sulfide) groups is 1. The van der Waals surface area contributed by atoms with Gasteiger partial charge in [0.05, 0.1) is 20.8 Å². The summed E-state index contributed by atoms with van der Waals surface area (Å²) in [6, 6.07) is 16.7. The molecule has 0 N–H and O–H groups in total. The van der Waals surface area contributed by atoms with Crippen LogP contribution in [0.25, 0.3) is 16.3 Å². The smallest absolute Gasteiger partial charge is 0.262 e. The molecule has 1 aliphatic carbocycles. The van der Waals surface area contributed by atoms with Crippen molar-refractivity contribution in [3.05, 3.63) is 93.5 Å². The Kier molecular flexibility index (Phi) is 11.8. The van der Waals surface area contributed by atoms with Crippen molar-refractivity contribution >= 4 is 67.2 Å². The van der Waals surface area contributed by atoms with Crippen molar-refractivity contribution in [1.29, 1.82) is 0 Å². The molecule has 0 amide bonds. The van der Waals surface area contributed by atoms with Crippen LogP contribution >= 0.6 is 35.1 Å². The van der Waals surface area contributed by atoms with Gasteiger partial charge in [0.1, 0.15) is 4.70 Å². The van der Waals surface area contributed by atoms with E-state index in [1.165, 1.54) is 37.0 Å². The summed E-state index contributed by atoms with van der Waals surface area (Å²) in [5, 5.41) is 15.7. The number of rotatable bonds is 15. The van der Waals surface area contributed by atoms with Gasteiger partial charge in [-0.25, -0.2) is 8.42 Å². The topological polar surface area (TPSA) is 106 Å². The van der Waals surface area contributed by atoms with Crippen LogP contribution in [0.4, 0.5) is 5.69 Å². The molecule has 3 aromatic rings. The molecule has 0 atom stereocenters. The summed E-state index contributed by atoms with van der Waals surface area (Å²) < 4.78 is 40.9. The summed E-state index contributed by atoms with van der Waals surface area (Å²) in [4.78, 5) is 3.62. The van der Waals surface area contributed by atoms with E-state index in [2.05, 4.69) is 86.5 Å². The van der Waals surface area contributed by atoms with E-state index in [0.29, 0.717) is 25.1 Å². The standard InChI is InChI=1S/C32H36N2O6S4/c1-24-25(16-18-31-33(20-6-8-22-41-40-39-35)27-10-2-4-12-29(27)42-31)14-15-26(24)17-19-32-34(21-7-9-23-44(36,37)38)28-11-3-5-13-30(28)43-32/h2-5,10-13,16-19H,6-9,14-15,20-23H2,1H3,(H-,35,36,37,38)/p-1. The highest BCUT2D eigenvalue weighted by molar-refractivity contribution is 8.03. The fourth-order valence-electron chi connectivity index (χ4n) is 5.46. The van der Waals surface area contributed by atoms with E-state index in [0.717, 1.165) is 54.8 Å². The van der Waals surface area contributed by atoms with Gasteiger partial charge < -0.3 is 14.7 Å². The minimum Gasteiger partial charge on any atom is -0.748 e. The molecule has 0 unspecified atom stereocenters. The maximum Gasteiger partial charge on any atom is 0.262 e. The summed E-state index contributed by atoms with van der Waals surface area (Å²) in [7, 11) is -4.19. The highest BCUT2D eigenvalue weighted by Crippen LogP contribution is 2.46. The number of nitrogens with zero attached hydrogens (tertiary/aromatic N) is 2. The van der Waals surface area contributed by atoms with Crippen LogP contribution in [0.3, 0.4) is 0 Å². The molecule has 0 spiro atoms. The Balaban J connectivity index is 1.30. The molecule has 0 saturated heterocycles. The van der Waals surface area contributed by atoms with Crippen molar-refractivity contribution in [1.82, 2.24) is 0 Å². The Hall–Kier alpha value is -2.42. The summed E-state index contributed by atoms with van der Waals surface area (Å²) in [5.74, 6) is 0.371. The molecule has 234 valence electrons. The van der Waals surface area contributed by atoms with Gasteiger partial charge >= 0.3 is 0 Å². The lowest BCUT2D eigenvalue weighted by Gasteiger charge is -2.20. The SMILES string of the molecule is CC1=C(/C=C/c2sc3ccccc3[n+]2CCCCS(=O)(=O)[O-])CC/C1=C\C=C1/Sc2ccccc2N1CCCCSOO[O-]. The maximum absolute atomic E-state index is 11.0. The molecule has 2 aliphatic rings. The van der Waals surface area contributed by atoms with E-state index in [-0.39, 0.29) is 5.75 Å². The Morgan fingerprint density at radius 1 is 1.02 bits per heavy atom. The van der Waals surface area contributed by atoms with Gasteiger partial charge in [-0.15, -0.1) is 0 Å². The van der Waals surface area contributed by atoms with Crippen molar-refractivity contribution in [2.45, 2.75) is 56.9 Å². The minimum atomic E-state index is -4.19. The average Bonchev–Trinajstić information content (AvgIpc) is 3.67. The van der Waals surface area contributed by atoms with E-state index in [4.69, 9.17) is 0 Å². The molecule has 5 rings (SSSR count). The fraction of sp³-hybridized carbons (Fsp3) is 0.344. The molecule has 8 nitrogen and oxygen atoms in total. The number of aryl methyl sites for hydroxylation is 1. The average molecular weight is 672 g/mol. The van der Waals surface area contributed by atoms with Crippen molar-refractivity contribution < 1.29 is 32.2 Å². The predicted molar refractivity (Wildman–Crippen MR) is 176 cm³/mol. The second-order valence-electron chi connectivity index (χ2n) is 10.6. The van der Waals surface area contributed by atoms with Gasteiger partial charge in [-0.05, 0) is 80.0 Å². The molecule has 0 radical (unpaired) electrons. The zero-order chi connectivity index (χ0) is 30.9. The number of hydrogen-bond acceptors (Lipinski definition) is 10. The summed E-state index contributed by atoms with van der Waals surface area (Å²) in [5.41, 5.74) is 6.30. The fourth-order valence-corrected chi connectivity index (χ4v) is 8.63. The van der Waals surface area contributed by atoms with Crippen LogP contribution < -0.4 is 14.7 Å². The lowest BCUT2D eigenvalue weighted by Crippen LogP contribution is -2.35. The molecule has 44 heavy (non-hydrogen) atoms.